The number of nitro groups is 1. The number of para-hydroxylation sites is 1. The molecule has 1 aromatic rings. The van der Waals surface area contributed by atoms with Crippen LogP contribution in [0.4, 0.5) is 5.69 Å². The Morgan fingerprint density at radius 3 is 2.60 bits per heavy atom. The molecule has 0 heterocycles. The van der Waals surface area contributed by atoms with Gasteiger partial charge in [-0.05, 0) is 0 Å². The van der Waals surface area contributed by atoms with Crippen molar-refractivity contribution in [1.29, 1.82) is 0 Å². The number of benzene rings is 1. The molecule has 80 valence electrons. The number of carboxylic acids is 1. The molecule has 0 amide bonds. The fraction of sp³-hybridized carbons (Fsp3) is 0.222. The Labute approximate surface area is 85.5 Å². The number of nitrogens with zero attached hydrogens (tertiary/aromatic N) is 1. The molecule has 0 saturated heterocycles. The average Bonchev–Trinajstić information content (AvgIpc) is 2.18. The highest BCUT2D eigenvalue weighted by atomic mass is 16.6. The van der Waals surface area contributed by atoms with Gasteiger partial charge in [-0.1, -0.05) is 18.2 Å². The largest absolute Gasteiger partial charge is 0.544 e. The Kier molecular flexibility index (Phi) is 3.35. The van der Waals surface area contributed by atoms with Crippen molar-refractivity contribution in [2.45, 2.75) is 12.5 Å². The highest BCUT2D eigenvalue weighted by Crippen LogP contribution is 2.18. The summed E-state index contributed by atoms with van der Waals surface area (Å²) in [7, 11) is 0. The molecule has 0 aliphatic heterocycles. The summed E-state index contributed by atoms with van der Waals surface area (Å²) in [5.74, 6) is -1.31. The second-order valence-corrected chi connectivity index (χ2v) is 3.11. The maximum Gasteiger partial charge on any atom is 0.272 e. The van der Waals surface area contributed by atoms with Gasteiger partial charge in [0.15, 0.2) is 0 Å². The van der Waals surface area contributed by atoms with Crippen LogP contribution in [0.1, 0.15) is 5.56 Å². The lowest BCUT2D eigenvalue weighted by atomic mass is 10.1. The number of hydrogen-bond acceptors (Lipinski definition) is 4. The second-order valence-electron chi connectivity index (χ2n) is 3.11. The topological polar surface area (TPSA) is 111 Å². The number of carboxylic acid groups (broad SMARTS) is 1. The van der Waals surface area contributed by atoms with Gasteiger partial charge in [0.1, 0.15) is 6.04 Å². The quantitative estimate of drug-likeness (QED) is 0.481. The molecule has 0 unspecified atom stereocenters. The number of aliphatic carboxylic acids is 1. The molecule has 6 nitrogen and oxygen atoms in total. The van der Waals surface area contributed by atoms with E-state index in [0.29, 0.717) is 5.56 Å². The predicted octanol–water partition coefficient (Wildman–Crippen LogP) is -1.50. The highest BCUT2D eigenvalue weighted by molar-refractivity contribution is 5.70. The molecule has 0 aliphatic rings. The van der Waals surface area contributed by atoms with Gasteiger partial charge in [-0.25, -0.2) is 0 Å². The lowest BCUT2D eigenvalue weighted by Gasteiger charge is -2.09. The zero-order chi connectivity index (χ0) is 11.4. The first-order chi connectivity index (χ1) is 7.02. The van der Waals surface area contributed by atoms with Crippen molar-refractivity contribution < 1.29 is 20.6 Å². The Morgan fingerprint density at radius 1 is 1.47 bits per heavy atom. The summed E-state index contributed by atoms with van der Waals surface area (Å²) in [5.41, 5.74) is 3.61. The number of nitro benzene ring substituents is 1. The van der Waals surface area contributed by atoms with Gasteiger partial charge in [-0.2, -0.15) is 0 Å². The van der Waals surface area contributed by atoms with Gasteiger partial charge in [-0.15, -0.1) is 0 Å². The molecule has 0 bridgehead atoms. The molecular weight excluding hydrogens is 200 g/mol. The molecule has 15 heavy (non-hydrogen) atoms. The fourth-order valence-electron chi connectivity index (χ4n) is 1.21. The predicted molar refractivity (Wildman–Crippen MR) is 48.5 cm³/mol. The third kappa shape index (κ3) is 2.75. The standard InChI is InChI=1S/C9H10N2O4/c10-7(9(12)13)5-6-3-1-2-4-8(6)11(14)15/h1-4,7H,5,10H2,(H,12,13)/t7-/m1/s1. The monoisotopic (exact) mass is 210 g/mol. The summed E-state index contributed by atoms with van der Waals surface area (Å²) in [5, 5.41) is 21.0. The van der Waals surface area contributed by atoms with Crippen LogP contribution in [-0.2, 0) is 11.2 Å². The van der Waals surface area contributed by atoms with E-state index in [9.17, 15) is 20.0 Å². The summed E-state index contributed by atoms with van der Waals surface area (Å²) in [4.78, 5) is 20.5. The zero-order valence-corrected chi connectivity index (χ0v) is 7.88. The molecule has 0 radical (unpaired) electrons. The maximum absolute atomic E-state index is 10.6. The van der Waals surface area contributed by atoms with Crippen LogP contribution in [0.2, 0.25) is 0 Å². The third-order valence-corrected chi connectivity index (χ3v) is 1.99. The van der Waals surface area contributed by atoms with E-state index in [2.05, 4.69) is 5.73 Å². The smallest absolute Gasteiger partial charge is 0.272 e. The number of carbonyl (C=O) groups is 1. The molecule has 0 spiro atoms. The molecular formula is C9H10N2O4. The summed E-state index contributed by atoms with van der Waals surface area (Å²) >= 11 is 0. The van der Waals surface area contributed by atoms with Crippen molar-refractivity contribution in [3.63, 3.8) is 0 Å². The van der Waals surface area contributed by atoms with Crippen LogP contribution in [0.15, 0.2) is 24.3 Å². The van der Waals surface area contributed by atoms with Crippen molar-refractivity contribution in [3.8, 4) is 0 Å². The first-order valence-electron chi connectivity index (χ1n) is 4.28. The SMILES string of the molecule is [NH3+][C@H](Cc1ccccc1[N+](=O)[O-])C(=O)[O-]. The molecule has 0 aliphatic carbocycles. The van der Waals surface area contributed by atoms with E-state index >= 15 is 0 Å². The second kappa shape index (κ2) is 4.52. The summed E-state index contributed by atoms with van der Waals surface area (Å²) in [6, 6.07) is 5.01. The zero-order valence-electron chi connectivity index (χ0n) is 7.88. The lowest BCUT2D eigenvalue weighted by molar-refractivity contribution is -0.437. The van der Waals surface area contributed by atoms with Crippen molar-refractivity contribution in [3.05, 3.63) is 39.9 Å². The highest BCUT2D eigenvalue weighted by Gasteiger charge is 2.17. The number of quaternary nitrogens is 1. The van der Waals surface area contributed by atoms with Crippen LogP contribution in [0.3, 0.4) is 0 Å². The molecule has 0 fully saturated rings. The minimum absolute atomic E-state index is 0.000509. The molecule has 1 rings (SSSR count). The van der Waals surface area contributed by atoms with E-state index in [4.69, 9.17) is 0 Å². The van der Waals surface area contributed by atoms with Gasteiger partial charge in [0, 0.05) is 18.1 Å². The Hall–Kier alpha value is -1.95. The molecule has 1 atom stereocenters. The van der Waals surface area contributed by atoms with Gasteiger partial charge in [0.25, 0.3) is 5.69 Å². The Morgan fingerprint density at radius 2 is 2.07 bits per heavy atom. The Bertz CT molecular complexity index is 391. The minimum Gasteiger partial charge on any atom is -0.544 e. The molecule has 0 saturated carbocycles. The number of carbonyl (C=O) groups excluding carboxylic acids is 1. The Balaban J connectivity index is 2.94. The van der Waals surface area contributed by atoms with Crippen LogP contribution in [0, 0.1) is 10.1 Å². The summed E-state index contributed by atoms with van der Waals surface area (Å²) in [6.07, 6.45) is -0.000509. The van der Waals surface area contributed by atoms with Gasteiger partial charge >= 0.3 is 0 Å². The van der Waals surface area contributed by atoms with Crippen LogP contribution >= 0.6 is 0 Å². The number of rotatable bonds is 4. The van der Waals surface area contributed by atoms with Gasteiger partial charge in [0.2, 0.25) is 0 Å². The van der Waals surface area contributed by atoms with Crippen LogP contribution in [0.5, 0.6) is 0 Å². The van der Waals surface area contributed by atoms with E-state index in [0.717, 1.165) is 0 Å². The first-order valence-corrected chi connectivity index (χ1v) is 4.28. The van der Waals surface area contributed by atoms with Crippen LogP contribution < -0.4 is 10.8 Å². The van der Waals surface area contributed by atoms with E-state index in [1.165, 1.54) is 18.2 Å². The minimum atomic E-state index is -1.31. The molecule has 3 N–H and O–H groups in total. The van der Waals surface area contributed by atoms with Crippen molar-refractivity contribution in [1.82, 2.24) is 0 Å². The summed E-state index contributed by atoms with van der Waals surface area (Å²) in [6.45, 7) is 0. The van der Waals surface area contributed by atoms with Gasteiger partial charge in [-0.3, -0.25) is 10.1 Å². The van der Waals surface area contributed by atoms with Crippen LogP contribution in [0.25, 0.3) is 0 Å². The molecule has 6 heteroatoms. The normalized spacial score (nSPS) is 12.1. The number of hydrogen-bond donors (Lipinski definition) is 1. The summed E-state index contributed by atoms with van der Waals surface area (Å²) < 4.78 is 0. The third-order valence-electron chi connectivity index (χ3n) is 1.99. The van der Waals surface area contributed by atoms with E-state index in [1.807, 2.05) is 0 Å². The van der Waals surface area contributed by atoms with Gasteiger partial charge < -0.3 is 15.6 Å². The average molecular weight is 210 g/mol. The van der Waals surface area contributed by atoms with Crippen molar-refractivity contribution in [2.24, 2.45) is 0 Å². The maximum atomic E-state index is 10.6. The van der Waals surface area contributed by atoms with E-state index < -0.39 is 16.9 Å². The molecule has 0 aromatic heterocycles. The van der Waals surface area contributed by atoms with Crippen molar-refractivity contribution >= 4 is 11.7 Å². The fourth-order valence-corrected chi connectivity index (χ4v) is 1.21. The van der Waals surface area contributed by atoms with Crippen molar-refractivity contribution in [2.75, 3.05) is 0 Å². The van der Waals surface area contributed by atoms with Gasteiger partial charge in [0.05, 0.1) is 10.9 Å². The lowest BCUT2D eigenvalue weighted by Crippen LogP contribution is -2.69. The van der Waals surface area contributed by atoms with Crippen LogP contribution in [-0.4, -0.2) is 16.9 Å². The first kappa shape index (κ1) is 11.1. The van der Waals surface area contributed by atoms with E-state index in [-0.39, 0.29) is 12.1 Å². The van der Waals surface area contributed by atoms with E-state index in [1.54, 1.807) is 6.07 Å². The molecule has 1 aromatic carbocycles.